The number of hydrogen-bond acceptors (Lipinski definition) is 1. The van der Waals surface area contributed by atoms with Gasteiger partial charge in [-0.1, -0.05) is 54.6 Å². The first-order valence-electron chi connectivity index (χ1n) is 6.99. The quantitative estimate of drug-likeness (QED) is 0.517. The minimum absolute atomic E-state index is 0.985. The molecule has 0 fully saturated rings. The summed E-state index contributed by atoms with van der Waals surface area (Å²) in [6.45, 7) is 0. The van der Waals surface area contributed by atoms with Crippen LogP contribution in [0.25, 0.3) is 27.9 Å². The molecule has 0 unspecified atom stereocenters. The summed E-state index contributed by atoms with van der Waals surface area (Å²) in [5.74, 6) is 0. The van der Waals surface area contributed by atoms with Gasteiger partial charge in [-0.2, -0.15) is 0 Å². The average Bonchev–Trinajstić information content (AvgIpc) is 3.03. The van der Waals surface area contributed by atoms with Gasteiger partial charge in [-0.25, -0.2) is 0 Å². The van der Waals surface area contributed by atoms with Gasteiger partial charge in [0.1, 0.15) is 0 Å². The van der Waals surface area contributed by atoms with Crippen LogP contribution in [0.2, 0.25) is 0 Å². The Morgan fingerprint density at radius 2 is 1.38 bits per heavy atom. The average molecular weight is 270 g/mol. The van der Waals surface area contributed by atoms with Crippen LogP contribution in [0.5, 0.6) is 0 Å². The normalized spacial score (nSPS) is 10.9. The van der Waals surface area contributed by atoms with E-state index in [-0.39, 0.29) is 0 Å². The molecular formula is C19H14N2. The molecule has 0 aliphatic rings. The molecule has 0 aliphatic carbocycles. The molecule has 2 heteroatoms. The number of aromatic nitrogens is 2. The molecule has 21 heavy (non-hydrogen) atoms. The smallest absolute Gasteiger partial charge is 0.0868 e. The minimum Gasteiger partial charge on any atom is -0.320 e. The topological polar surface area (TPSA) is 17.3 Å². The number of rotatable bonds is 2. The van der Waals surface area contributed by atoms with Gasteiger partial charge in [0.15, 0.2) is 0 Å². The molecule has 0 aliphatic heterocycles. The van der Waals surface area contributed by atoms with Crippen LogP contribution in [-0.4, -0.2) is 9.38 Å². The van der Waals surface area contributed by atoms with Crippen molar-refractivity contribution in [2.45, 2.75) is 0 Å². The lowest BCUT2D eigenvalue weighted by Crippen LogP contribution is -1.89. The van der Waals surface area contributed by atoms with Crippen molar-refractivity contribution < 1.29 is 0 Å². The van der Waals surface area contributed by atoms with Gasteiger partial charge in [0, 0.05) is 18.0 Å². The summed E-state index contributed by atoms with van der Waals surface area (Å²) in [4.78, 5) is 4.53. The van der Waals surface area contributed by atoms with E-state index in [1.165, 1.54) is 11.1 Å². The summed E-state index contributed by atoms with van der Waals surface area (Å²) < 4.78 is 2.09. The highest BCUT2D eigenvalue weighted by molar-refractivity contribution is 5.69. The summed E-state index contributed by atoms with van der Waals surface area (Å²) in [6.07, 6.45) is 6.01. The summed E-state index contributed by atoms with van der Waals surface area (Å²) in [5.41, 5.74) is 5.68. The number of hydrogen-bond donors (Lipinski definition) is 0. The fourth-order valence-corrected chi connectivity index (χ4v) is 2.55. The zero-order valence-corrected chi connectivity index (χ0v) is 11.5. The molecule has 100 valence electrons. The van der Waals surface area contributed by atoms with Gasteiger partial charge in [0.2, 0.25) is 0 Å². The van der Waals surface area contributed by atoms with E-state index in [0.717, 1.165) is 16.8 Å². The highest BCUT2D eigenvalue weighted by Crippen LogP contribution is 2.23. The summed E-state index contributed by atoms with van der Waals surface area (Å²) in [5, 5.41) is 0. The first-order chi connectivity index (χ1) is 10.4. The Hall–Kier alpha value is -2.87. The van der Waals surface area contributed by atoms with Crippen LogP contribution in [0.1, 0.15) is 0 Å². The zero-order chi connectivity index (χ0) is 14.1. The van der Waals surface area contributed by atoms with Crippen LogP contribution < -0.4 is 0 Å². The molecule has 2 aromatic heterocycles. The van der Waals surface area contributed by atoms with E-state index >= 15 is 0 Å². The molecule has 4 aromatic rings. The molecular weight excluding hydrogens is 256 g/mol. The van der Waals surface area contributed by atoms with Crippen LogP contribution in [-0.2, 0) is 0 Å². The second-order valence-electron chi connectivity index (χ2n) is 5.06. The Morgan fingerprint density at radius 3 is 2.19 bits per heavy atom. The van der Waals surface area contributed by atoms with Gasteiger partial charge in [-0.15, -0.1) is 0 Å². The molecule has 2 nitrogen and oxygen atoms in total. The Kier molecular flexibility index (Phi) is 2.79. The molecule has 0 radical (unpaired) electrons. The van der Waals surface area contributed by atoms with E-state index < -0.39 is 0 Å². The van der Waals surface area contributed by atoms with Crippen molar-refractivity contribution in [3.63, 3.8) is 0 Å². The molecule has 2 heterocycles. The highest BCUT2D eigenvalue weighted by atomic mass is 14.9. The second-order valence-corrected chi connectivity index (χ2v) is 5.06. The lowest BCUT2D eigenvalue weighted by atomic mass is 10.0. The maximum Gasteiger partial charge on any atom is 0.0868 e. The first kappa shape index (κ1) is 11.9. The predicted molar refractivity (Wildman–Crippen MR) is 86.1 cm³/mol. The monoisotopic (exact) mass is 270 g/mol. The Balaban J connectivity index is 1.72. The molecule has 0 spiro atoms. The maximum absolute atomic E-state index is 4.53. The van der Waals surface area contributed by atoms with Gasteiger partial charge in [0.05, 0.1) is 17.4 Å². The van der Waals surface area contributed by atoms with Crippen molar-refractivity contribution in [3.05, 3.63) is 85.3 Å². The van der Waals surface area contributed by atoms with E-state index in [2.05, 4.69) is 70.2 Å². The van der Waals surface area contributed by atoms with Crippen molar-refractivity contribution >= 4 is 5.52 Å². The van der Waals surface area contributed by atoms with Gasteiger partial charge < -0.3 is 4.40 Å². The van der Waals surface area contributed by atoms with E-state index in [9.17, 15) is 0 Å². The first-order valence-corrected chi connectivity index (χ1v) is 6.99. The van der Waals surface area contributed by atoms with Crippen LogP contribution in [0.3, 0.4) is 0 Å². The number of fused-ring (bicyclic) bond motifs is 1. The molecule has 0 saturated heterocycles. The Morgan fingerprint density at radius 1 is 0.667 bits per heavy atom. The van der Waals surface area contributed by atoms with Gasteiger partial charge >= 0.3 is 0 Å². The van der Waals surface area contributed by atoms with Crippen molar-refractivity contribution in [1.29, 1.82) is 0 Å². The zero-order valence-electron chi connectivity index (χ0n) is 11.5. The summed E-state index contributed by atoms with van der Waals surface area (Å²) in [7, 11) is 0. The van der Waals surface area contributed by atoms with Gasteiger partial charge in [-0.05, 0) is 23.3 Å². The molecule has 0 atom stereocenters. The molecule has 0 bridgehead atoms. The summed E-state index contributed by atoms with van der Waals surface area (Å²) >= 11 is 0. The standard InChI is InChI=1S/C19H14N2/c1-2-5-15(6-3-1)16-8-10-17(11-9-16)19-14-21-12-4-7-18(21)13-20-19/h1-14H. The third-order valence-electron chi connectivity index (χ3n) is 3.70. The Labute approximate surface area is 123 Å². The van der Waals surface area contributed by atoms with Gasteiger partial charge in [-0.3, -0.25) is 4.98 Å². The van der Waals surface area contributed by atoms with E-state index in [0.29, 0.717) is 0 Å². The van der Waals surface area contributed by atoms with E-state index in [1.807, 2.05) is 24.5 Å². The molecule has 0 saturated carbocycles. The predicted octanol–water partition coefficient (Wildman–Crippen LogP) is 4.67. The van der Waals surface area contributed by atoms with Crippen LogP contribution in [0, 0.1) is 0 Å². The third-order valence-corrected chi connectivity index (χ3v) is 3.70. The minimum atomic E-state index is 0.985. The highest BCUT2D eigenvalue weighted by Gasteiger charge is 2.02. The van der Waals surface area contributed by atoms with E-state index in [1.54, 1.807) is 0 Å². The third kappa shape index (κ3) is 2.21. The second kappa shape index (κ2) is 4.91. The molecule has 4 rings (SSSR count). The fraction of sp³-hybridized carbons (Fsp3) is 0. The van der Waals surface area contributed by atoms with Crippen molar-refractivity contribution in [1.82, 2.24) is 9.38 Å². The van der Waals surface area contributed by atoms with Crippen LogP contribution in [0.15, 0.2) is 85.3 Å². The van der Waals surface area contributed by atoms with Crippen LogP contribution in [0.4, 0.5) is 0 Å². The summed E-state index contributed by atoms with van der Waals surface area (Å²) in [6, 6.07) is 23.0. The molecule has 2 aromatic carbocycles. The van der Waals surface area contributed by atoms with Crippen molar-refractivity contribution in [2.24, 2.45) is 0 Å². The van der Waals surface area contributed by atoms with Gasteiger partial charge in [0.25, 0.3) is 0 Å². The van der Waals surface area contributed by atoms with E-state index in [4.69, 9.17) is 0 Å². The molecule has 0 N–H and O–H groups in total. The van der Waals surface area contributed by atoms with Crippen LogP contribution >= 0.6 is 0 Å². The lowest BCUT2D eigenvalue weighted by molar-refractivity contribution is 1.15. The number of benzene rings is 2. The van der Waals surface area contributed by atoms with Crippen molar-refractivity contribution in [3.8, 4) is 22.4 Å². The fourth-order valence-electron chi connectivity index (χ4n) is 2.55. The number of nitrogens with zero attached hydrogens (tertiary/aromatic N) is 2. The molecule has 0 amide bonds. The SMILES string of the molecule is c1ccc(-c2ccc(-c3cn4cccc4cn3)cc2)cc1. The largest absolute Gasteiger partial charge is 0.320 e. The maximum atomic E-state index is 4.53. The lowest BCUT2D eigenvalue weighted by Gasteiger charge is -2.05. The van der Waals surface area contributed by atoms with Crippen molar-refractivity contribution in [2.75, 3.05) is 0 Å². The Bertz CT molecular complexity index is 874.